The number of nitrogens with one attached hydrogen (secondary N) is 1. The van der Waals surface area contributed by atoms with Crippen molar-refractivity contribution in [3.05, 3.63) is 29.3 Å². The second-order valence-corrected chi connectivity index (χ2v) is 5.58. The zero-order valence-corrected chi connectivity index (χ0v) is 12.2. The van der Waals surface area contributed by atoms with Crippen LogP contribution in [0.15, 0.2) is 18.2 Å². The van der Waals surface area contributed by atoms with Gasteiger partial charge >= 0.3 is 0 Å². The van der Waals surface area contributed by atoms with E-state index in [0.29, 0.717) is 11.8 Å². The first-order valence-corrected chi connectivity index (χ1v) is 7.16. The highest BCUT2D eigenvalue weighted by atomic mass is 16.5. The molecule has 0 bridgehead atoms. The molecule has 1 aromatic rings. The van der Waals surface area contributed by atoms with Crippen LogP contribution in [0.25, 0.3) is 0 Å². The van der Waals surface area contributed by atoms with Crippen molar-refractivity contribution < 1.29 is 9.47 Å². The Kier molecular flexibility index (Phi) is 5.23. The summed E-state index contributed by atoms with van der Waals surface area (Å²) in [6, 6.07) is 6.56. The predicted octanol–water partition coefficient (Wildman–Crippen LogP) is 2.60. The van der Waals surface area contributed by atoms with Crippen molar-refractivity contribution in [3.8, 4) is 5.75 Å². The molecular weight excluding hydrogens is 238 g/mol. The minimum atomic E-state index is 0.485. The first kappa shape index (κ1) is 14.4. The molecule has 3 nitrogen and oxygen atoms in total. The summed E-state index contributed by atoms with van der Waals surface area (Å²) in [5, 5.41) is 3.43. The van der Waals surface area contributed by atoms with Gasteiger partial charge in [0.25, 0.3) is 0 Å². The van der Waals surface area contributed by atoms with Crippen LogP contribution in [0.5, 0.6) is 5.75 Å². The lowest BCUT2D eigenvalue weighted by Crippen LogP contribution is -2.24. The molecule has 1 saturated heterocycles. The quantitative estimate of drug-likeness (QED) is 0.905. The van der Waals surface area contributed by atoms with Crippen LogP contribution in [-0.2, 0) is 11.2 Å². The lowest BCUT2D eigenvalue weighted by Gasteiger charge is -2.17. The van der Waals surface area contributed by atoms with E-state index in [-0.39, 0.29) is 0 Å². The third kappa shape index (κ3) is 3.95. The number of hydrogen-bond acceptors (Lipinski definition) is 3. The molecule has 0 aromatic heterocycles. The molecule has 1 heterocycles. The average Bonchev–Trinajstić information content (AvgIpc) is 2.67. The minimum absolute atomic E-state index is 0.485. The molecule has 1 atom stereocenters. The van der Waals surface area contributed by atoms with Gasteiger partial charge in [0.1, 0.15) is 5.75 Å². The third-order valence-corrected chi connectivity index (χ3v) is 3.65. The molecule has 19 heavy (non-hydrogen) atoms. The Bertz CT molecular complexity index is 396. The van der Waals surface area contributed by atoms with Gasteiger partial charge in [-0.25, -0.2) is 0 Å². The summed E-state index contributed by atoms with van der Waals surface area (Å²) in [4.78, 5) is 0. The van der Waals surface area contributed by atoms with Gasteiger partial charge in [-0.3, -0.25) is 0 Å². The second-order valence-electron chi connectivity index (χ2n) is 5.58. The van der Waals surface area contributed by atoms with Crippen LogP contribution in [0, 0.1) is 5.92 Å². The molecule has 106 valence electrons. The zero-order valence-electron chi connectivity index (χ0n) is 12.2. The number of ether oxygens (including phenoxy) is 2. The van der Waals surface area contributed by atoms with E-state index < -0.39 is 0 Å². The Morgan fingerprint density at radius 1 is 1.42 bits per heavy atom. The molecule has 1 N–H and O–H groups in total. The van der Waals surface area contributed by atoms with E-state index in [4.69, 9.17) is 9.47 Å². The highest BCUT2D eigenvalue weighted by Gasteiger charge is 2.15. The summed E-state index contributed by atoms with van der Waals surface area (Å²) in [6.45, 7) is 8.11. The summed E-state index contributed by atoms with van der Waals surface area (Å²) in [7, 11) is 1.74. The van der Waals surface area contributed by atoms with Crippen LogP contribution < -0.4 is 10.1 Å². The molecule has 1 aliphatic heterocycles. The van der Waals surface area contributed by atoms with E-state index in [1.54, 1.807) is 7.11 Å². The maximum atomic E-state index is 5.61. The van der Waals surface area contributed by atoms with Crippen molar-refractivity contribution in [1.82, 2.24) is 5.32 Å². The van der Waals surface area contributed by atoms with E-state index in [2.05, 4.69) is 37.4 Å². The van der Waals surface area contributed by atoms with Crippen LogP contribution in [0.2, 0.25) is 0 Å². The van der Waals surface area contributed by atoms with Gasteiger partial charge in [0.05, 0.1) is 20.3 Å². The molecule has 0 saturated carbocycles. The fourth-order valence-corrected chi connectivity index (χ4v) is 2.59. The highest BCUT2D eigenvalue weighted by molar-refractivity contribution is 5.39. The van der Waals surface area contributed by atoms with Crippen LogP contribution in [0.3, 0.4) is 0 Å². The second kappa shape index (κ2) is 6.92. The fraction of sp³-hybridized carbons (Fsp3) is 0.625. The third-order valence-electron chi connectivity index (χ3n) is 3.65. The molecule has 1 unspecified atom stereocenters. The minimum Gasteiger partial charge on any atom is -0.496 e. The van der Waals surface area contributed by atoms with E-state index in [1.807, 2.05) is 0 Å². The summed E-state index contributed by atoms with van der Waals surface area (Å²) >= 11 is 0. The number of hydrogen-bond donors (Lipinski definition) is 1. The van der Waals surface area contributed by atoms with Crippen molar-refractivity contribution in [2.75, 3.05) is 33.4 Å². The first-order valence-electron chi connectivity index (χ1n) is 7.16. The van der Waals surface area contributed by atoms with Gasteiger partial charge in [0, 0.05) is 13.1 Å². The van der Waals surface area contributed by atoms with E-state index >= 15 is 0 Å². The molecular formula is C16H25NO2. The van der Waals surface area contributed by atoms with Crippen LogP contribution >= 0.6 is 0 Å². The molecule has 0 radical (unpaired) electrons. The normalized spacial score (nSPS) is 20.3. The molecule has 0 aliphatic carbocycles. The van der Waals surface area contributed by atoms with Crippen LogP contribution in [-0.4, -0.2) is 33.4 Å². The molecule has 1 aromatic carbocycles. The van der Waals surface area contributed by atoms with Crippen molar-refractivity contribution in [3.63, 3.8) is 0 Å². The van der Waals surface area contributed by atoms with Crippen molar-refractivity contribution in [2.24, 2.45) is 5.92 Å². The van der Waals surface area contributed by atoms with Gasteiger partial charge < -0.3 is 14.8 Å². The van der Waals surface area contributed by atoms with Crippen molar-refractivity contribution in [2.45, 2.75) is 26.2 Å². The summed E-state index contributed by atoms with van der Waals surface area (Å²) in [5.41, 5.74) is 2.67. The van der Waals surface area contributed by atoms with E-state index in [1.165, 1.54) is 11.1 Å². The topological polar surface area (TPSA) is 30.5 Å². The highest BCUT2D eigenvalue weighted by Crippen LogP contribution is 2.28. The average molecular weight is 263 g/mol. The van der Waals surface area contributed by atoms with Gasteiger partial charge in [-0.1, -0.05) is 26.0 Å². The maximum Gasteiger partial charge on any atom is 0.122 e. The van der Waals surface area contributed by atoms with Crippen molar-refractivity contribution >= 4 is 0 Å². The number of benzene rings is 1. The Morgan fingerprint density at radius 3 is 3.00 bits per heavy atom. The van der Waals surface area contributed by atoms with E-state index in [9.17, 15) is 0 Å². The van der Waals surface area contributed by atoms with Gasteiger partial charge in [-0.05, 0) is 35.4 Å². The smallest absolute Gasteiger partial charge is 0.122 e. The van der Waals surface area contributed by atoms with E-state index in [0.717, 1.165) is 38.5 Å². The largest absolute Gasteiger partial charge is 0.496 e. The summed E-state index contributed by atoms with van der Waals surface area (Å²) in [5.74, 6) is 2.04. The number of rotatable bonds is 4. The molecule has 3 heteroatoms. The Morgan fingerprint density at radius 2 is 2.26 bits per heavy atom. The molecule has 1 aliphatic rings. The molecule has 1 fully saturated rings. The maximum absolute atomic E-state index is 5.61. The predicted molar refractivity (Wildman–Crippen MR) is 78.0 cm³/mol. The molecule has 2 rings (SSSR count). The molecule has 0 spiro atoms. The van der Waals surface area contributed by atoms with Crippen LogP contribution in [0.4, 0.5) is 0 Å². The number of methoxy groups -OCH3 is 1. The zero-order chi connectivity index (χ0) is 13.7. The monoisotopic (exact) mass is 263 g/mol. The Balaban J connectivity index is 2.09. The SMILES string of the molecule is COc1ccc(CC2CNCCOC2)cc1C(C)C. The van der Waals surface area contributed by atoms with Gasteiger partial charge in [0.15, 0.2) is 0 Å². The summed E-state index contributed by atoms with van der Waals surface area (Å²) in [6.07, 6.45) is 1.07. The van der Waals surface area contributed by atoms with Gasteiger partial charge in [0.2, 0.25) is 0 Å². The van der Waals surface area contributed by atoms with Gasteiger partial charge in [-0.2, -0.15) is 0 Å². The van der Waals surface area contributed by atoms with Crippen LogP contribution in [0.1, 0.15) is 30.9 Å². The Hall–Kier alpha value is -1.06. The molecule has 0 amide bonds. The van der Waals surface area contributed by atoms with Gasteiger partial charge in [-0.15, -0.1) is 0 Å². The standard InChI is InChI=1S/C16H25NO2/c1-12(2)15-9-13(4-5-16(15)18-3)8-14-10-17-6-7-19-11-14/h4-5,9,12,14,17H,6-8,10-11H2,1-3H3. The Labute approximate surface area is 116 Å². The fourth-order valence-electron chi connectivity index (χ4n) is 2.59. The lowest BCUT2D eigenvalue weighted by molar-refractivity contribution is 0.123. The summed E-state index contributed by atoms with van der Waals surface area (Å²) < 4.78 is 11.0. The lowest BCUT2D eigenvalue weighted by atomic mass is 9.94. The first-order chi connectivity index (χ1) is 9.20. The van der Waals surface area contributed by atoms with Crippen molar-refractivity contribution in [1.29, 1.82) is 0 Å².